The van der Waals surface area contributed by atoms with E-state index in [0.717, 1.165) is 19.6 Å². The summed E-state index contributed by atoms with van der Waals surface area (Å²) in [6.45, 7) is 12.4. The molecular weight excluding hydrogens is 188 g/mol. The maximum atomic E-state index is 9.39. The van der Waals surface area contributed by atoms with Crippen molar-refractivity contribution in [2.75, 3.05) is 33.3 Å². The Kier molecular flexibility index (Phi) is 4.15. The number of rotatable bonds is 3. The number of likely N-dealkylation sites (N-methyl/N-ethyl adjacent to an activating group) is 1. The van der Waals surface area contributed by atoms with Crippen LogP contribution in [0.3, 0.4) is 0 Å². The third-order valence-electron chi connectivity index (χ3n) is 3.43. The summed E-state index contributed by atoms with van der Waals surface area (Å²) in [4.78, 5) is 4.79. The predicted octanol–water partition coefficient (Wildman–Crippen LogP) is 1.03. The summed E-state index contributed by atoms with van der Waals surface area (Å²) in [5.74, 6) is 0.665. The molecule has 0 saturated carbocycles. The minimum atomic E-state index is 0.223. The molecule has 0 radical (unpaired) electrons. The standard InChI is InChI=1S/C12H26N2O/c1-10(2)6-14-9-12(3,4)13(5)7-11(14)8-15/h10-11,15H,6-9H2,1-5H3. The van der Waals surface area contributed by atoms with Crippen molar-refractivity contribution in [3.05, 3.63) is 0 Å². The van der Waals surface area contributed by atoms with Gasteiger partial charge in [-0.1, -0.05) is 13.8 Å². The fourth-order valence-electron chi connectivity index (χ4n) is 2.28. The van der Waals surface area contributed by atoms with Crippen LogP contribution in [0.1, 0.15) is 27.7 Å². The van der Waals surface area contributed by atoms with E-state index in [1.807, 2.05) is 0 Å². The Hall–Kier alpha value is -0.120. The summed E-state index contributed by atoms with van der Waals surface area (Å²) < 4.78 is 0. The number of hydrogen-bond acceptors (Lipinski definition) is 3. The van der Waals surface area contributed by atoms with Gasteiger partial charge in [0.2, 0.25) is 0 Å². The number of nitrogens with zero attached hydrogens (tertiary/aromatic N) is 2. The first-order chi connectivity index (χ1) is 6.86. The van der Waals surface area contributed by atoms with E-state index >= 15 is 0 Å². The number of aliphatic hydroxyl groups is 1. The molecule has 1 heterocycles. The second-order valence-electron chi connectivity index (χ2n) is 5.85. The summed E-state index contributed by atoms with van der Waals surface area (Å²) in [5.41, 5.74) is 0.223. The van der Waals surface area contributed by atoms with Gasteiger partial charge in [-0.15, -0.1) is 0 Å². The van der Waals surface area contributed by atoms with Crippen molar-refractivity contribution < 1.29 is 5.11 Å². The average molecular weight is 214 g/mol. The van der Waals surface area contributed by atoms with E-state index in [1.54, 1.807) is 0 Å². The zero-order chi connectivity index (χ0) is 11.6. The van der Waals surface area contributed by atoms with Crippen molar-refractivity contribution in [2.45, 2.75) is 39.3 Å². The van der Waals surface area contributed by atoms with Gasteiger partial charge in [-0.2, -0.15) is 0 Å². The molecule has 0 amide bonds. The summed E-state index contributed by atoms with van der Waals surface area (Å²) in [5, 5.41) is 9.39. The number of piperazine rings is 1. The highest BCUT2D eigenvalue weighted by molar-refractivity contribution is 4.93. The number of aliphatic hydroxyl groups excluding tert-OH is 1. The zero-order valence-electron chi connectivity index (χ0n) is 10.8. The molecule has 1 unspecified atom stereocenters. The lowest BCUT2D eigenvalue weighted by Crippen LogP contribution is -2.63. The van der Waals surface area contributed by atoms with Gasteiger partial charge in [0.1, 0.15) is 0 Å². The molecular formula is C12H26N2O. The van der Waals surface area contributed by atoms with Gasteiger partial charge in [0.15, 0.2) is 0 Å². The first-order valence-electron chi connectivity index (χ1n) is 5.93. The first kappa shape index (κ1) is 12.9. The maximum absolute atomic E-state index is 9.39. The summed E-state index contributed by atoms with van der Waals surface area (Å²) in [6.07, 6.45) is 0. The third-order valence-corrected chi connectivity index (χ3v) is 3.43. The lowest BCUT2D eigenvalue weighted by atomic mass is 9.95. The molecule has 0 aromatic heterocycles. The third kappa shape index (κ3) is 3.16. The Morgan fingerprint density at radius 3 is 2.47 bits per heavy atom. The Labute approximate surface area is 94.1 Å². The maximum Gasteiger partial charge on any atom is 0.0599 e. The van der Waals surface area contributed by atoms with Crippen molar-refractivity contribution in [1.29, 1.82) is 0 Å². The topological polar surface area (TPSA) is 26.7 Å². The SMILES string of the molecule is CC(C)CN1CC(C)(C)N(C)CC1CO. The van der Waals surface area contributed by atoms with Crippen LogP contribution >= 0.6 is 0 Å². The zero-order valence-corrected chi connectivity index (χ0v) is 10.8. The van der Waals surface area contributed by atoms with Gasteiger partial charge < -0.3 is 5.11 Å². The van der Waals surface area contributed by atoms with Crippen LogP contribution in [0.4, 0.5) is 0 Å². The van der Waals surface area contributed by atoms with Crippen molar-refractivity contribution >= 4 is 0 Å². The number of hydrogen-bond donors (Lipinski definition) is 1. The van der Waals surface area contributed by atoms with Crippen molar-refractivity contribution in [1.82, 2.24) is 9.80 Å². The predicted molar refractivity (Wildman–Crippen MR) is 64.0 cm³/mol. The van der Waals surface area contributed by atoms with Crippen molar-refractivity contribution in [2.24, 2.45) is 5.92 Å². The van der Waals surface area contributed by atoms with E-state index in [1.165, 1.54) is 0 Å². The first-order valence-corrected chi connectivity index (χ1v) is 5.93. The molecule has 3 nitrogen and oxygen atoms in total. The molecule has 1 saturated heterocycles. The van der Waals surface area contributed by atoms with E-state index in [-0.39, 0.29) is 12.1 Å². The average Bonchev–Trinajstić information content (AvgIpc) is 2.09. The molecule has 15 heavy (non-hydrogen) atoms. The highest BCUT2D eigenvalue weighted by Gasteiger charge is 2.36. The van der Waals surface area contributed by atoms with Crippen LogP contribution < -0.4 is 0 Å². The molecule has 90 valence electrons. The monoisotopic (exact) mass is 214 g/mol. The Balaban J connectivity index is 2.67. The fourth-order valence-corrected chi connectivity index (χ4v) is 2.28. The molecule has 0 spiro atoms. The van der Waals surface area contributed by atoms with Gasteiger partial charge in [0.25, 0.3) is 0 Å². The highest BCUT2D eigenvalue weighted by Crippen LogP contribution is 2.23. The fraction of sp³-hybridized carbons (Fsp3) is 1.00. The van der Waals surface area contributed by atoms with Gasteiger partial charge in [-0.25, -0.2) is 0 Å². The summed E-state index contributed by atoms with van der Waals surface area (Å²) in [7, 11) is 2.15. The van der Waals surface area contributed by atoms with E-state index in [2.05, 4.69) is 44.5 Å². The van der Waals surface area contributed by atoms with Crippen LogP contribution in [0.25, 0.3) is 0 Å². The molecule has 1 rings (SSSR count). The second-order valence-corrected chi connectivity index (χ2v) is 5.85. The minimum absolute atomic E-state index is 0.223. The van der Waals surface area contributed by atoms with Crippen molar-refractivity contribution in [3.8, 4) is 0 Å². The minimum Gasteiger partial charge on any atom is -0.395 e. The van der Waals surface area contributed by atoms with Crippen LogP contribution in [-0.2, 0) is 0 Å². The normalized spacial score (nSPS) is 28.6. The second kappa shape index (κ2) is 4.81. The van der Waals surface area contributed by atoms with E-state index in [9.17, 15) is 5.11 Å². The van der Waals surface area contributed by atoms with Crippen LogP contribution in [0, 0.1) is 5.92 Å². The Bertz CT molecular complexity index is 204. The van der Waals surface area contributed by atoms with Crippen LogP contribution in [0.5, 0.6) is 0 Å². The Morgan fingerprint density at radius 1 is 1.40 bits per heavy atom. The molecule has 3 heteroatoms. The molecule has 0 bridgehead atoms. The quantitative estimate of drug-likeness (QED) is 0.760. The van der Waals surface area contributed by atoms with Crippen molar-refractivity contribution in [3.63, 3.8) is 0 Å². The van der Waals surface area contributed by atoms with Gasteiger partial charge in [-0.3, -0.25) is 9.80 Å². The summed E-state index contributed by atoms with van der Waals surface area (Å²) in [6, 6.07) is 0.311. The molecule has 0 aromatic carbocycles. The largest absolute Gasteiger partial charge is 0.395 e. The van der Waals surface area contributed by atoms with Crippen LogP contribution in [-0.4, -0.2) is 59.8 Å². The summed E-state index contributed by atoms with van der Waals surface area (Å²) >= 11 is 0. The molecule has 1 atom stereocenters. The van der Waals surface area contributed by atoms with E-state index in [0.29, 0.717) is 12.0 Å². The molecule has 1 N–H and O–H groups in total. The van der Waals surface area contributed by atoms with Crippen LogP contribution in [0.2, 0.25) is 0 Å². The molecule has 0 aromatic rings. The lowest BCUT2D eigenvalue weighted by molar-refractivity contribution is -0.0253. The van der Waals surface area contributed by atoms with E-state index in [4.69, 9.17) is 0 Å². The van der Waals surface area contributed by atoms with Gasteiger partial charge in [0.05, 0.1) is 6.61 Å². The van der Waals surface area contributed by atoms with Crippen LogP contribution in [0.15, 0.2) is 0 Å². The molecule has 1 fully saturated rings. The lowest BCUT2D eigenvalue weighted by Gasteiger charge is -2.49. The molecule has 1 aliphatic rings. The van der Waals surface area contributed by atoms with Gasteiger partial charge in [0, 0.05) is 31.2 Å². The highest BCUT2D eigenvalue weighted by atomic mass is 16.3. The van der Waals surface area contributed by atoms with Gasteiger partial charge in [-0.05, 0) is 26.8 Å². The molecule has 0 aliphatic carbocycles. The van der Waals surface area contributed by atoms with Gasteiger partial charge >= 0.3 is 0 Å². The molecule has 1 aliphatic heterocycles. The van der Waals surface area contributed by atoms with E-state index < -0.39 is 0 Å². The smallest absolute Gasteiger partial charge is 0.0599 e. The Morgan fingerprint density at radius 2 is 2.00 bits per heavy atom.